The SMILES string of the molecule is CC(C)CNCc1cccnc1N1CCCN(C)C(=O)C1. The second-order valence-electron chi connectivity index (χ2n) is 6.10. The van der Waals surface area contributed by atoms with Crippen LogP contribution in [0.4, 0.5) is 5.82 Å². The minimum absolute atomic E-state index is 0.166. The number of nitrogens with one attached hydrogen (secondary N) is 1. The number of rotatable bonds is 5. The van der Waals surface area contributed by atoms with Gasteiger partial charge in [0.25, 0.3) is 0 Å². The predicted molar refractivity (Wildman–Crippen MR) is 85.2 cm³/mol. The maximum absolute atomic E-state index is 12.1. The molecule has 5 nitrogen and oxygen atoms in total. The lowest BCUT2D eigenvalue weighted by Gasteiger charge is -2.23. The standard InChI is InChI=1S/C16H26N4O/c1-13(2)10-17-11-14-6-4-7-18-16(14)20-9-5-8-19(3)15(21)12-20/h4,6-7,13,17H,5,8-12H2,1-3H3. The quantitative estimate of drug-likeness (QED) is 0.893. The van der Waals surface area contributed by atoms with Gasteiger partial charge in [0.05, 0.1) is 6.54 Å². The Balaban J connectivity index is 2.09. The fourth-order valence-electron chi connectivity index (χ4n) is 2.52. The zero-order valence-electron chi connectivity index (χ0n) is 13.3. The third-order valence-electron chi connectivity index (χ3n) is 3.71. The Morgan fingerprint density at radius 2 is 2.19 bits per heavy atom. The van der Waals surface area contributed by atoms with Crippen LogP contribution in [0.1, 0.15) is 25.8 Å². The normalized spacial score (nSPS) is 16.5. The van der Waals surface area contributed by atoms with Gasteiger partial charge in [0.2, 0.25) is 5.91 Å². The largest absolute Gasteiger partial charge is 0.347 e. The third-order valence-corrected chi connectivity index (χ3v) is 3.71. The van der Waals surface area contributed by atoms with Crippen molar-refractivity contribution in [3.8, 4) is 0 Å². The average molecular weight is 290 g/mol. The number of hydrogen-bond acceptors (Lipinski definition) is 4. The third kappa shape index (κ3) is 4.43. The highest BCUT2D eigenvalue weighted by atomic mass is 16.2. The van der Waals surface area contributed by atoms with Gasteiger partial charge in [-0.15, -0.1) is 0 Å². The van der Waals surface area contributed by atoms with E-state index in [0.717, 1.165) is 44.0 Å². The van der Waals surface area contributed by atoms with Gasteiger partial charge in [0.1, 0.15) is 5.82 Å². The molecular formula is C16H26N4O. The topological polar surface area (TPSA) is 48.5 Å². The number of anilines is 1. The van der Waals surface area contributed by atoms with Crippen LogP contribution in [-0.4, -0.2) is 49.0 Å². The highest BCUT2D eigenvalue weighted by Crippen LogP contribution is 2.19. The molecule has 0 spiro atoms. The van der Waals surface area contributed by atoms with E-state index in [1.807, 2.05) is 13.1 Å². The highest BCUT2D eigenvalue weighted by molar-refractivity contribution is 5.81. The summed E-state index contributed by atoms with van der Waals surface area (Å²) in [5.41, 5.74) is 1.16. The molecule has 2 rings (SSSR count). The Hall–Kier alpha value is -1.62. The molecule has 1 aliphatic rings. The summed E-state index contributed by atoms with van der Waals surface area (Å²) in [7, 11) is 1.87. The molecule has 0 unspecified atom stereocenters. The van der Waals surface area contributed by atoms with E-state index < -0.39 is 0 Å². The second kappa shape index (κ2) is 7.41. The first kappa shape index (κ1) is 15.8. The molecular weight excluding hydrogens is 264 g/mol. The van der Waals surface area contributed by atoms with Crippen LogP contribution >= 0.6 is 0 Å². The molecule has 1 N–H and O–H groups in total. The molecule has 5 heteroatoms. The number of amides is 1. The second-order valence-corrected chi connectivity index (χ2v) is 6.10. The van der Waals surface area contributed by atoms with E-state index in [4.69, 9.17) is 0 Å². The summed E-state index contributed by atoms with van der Waals surface area (Å²) in [4.78, 5) is 20.5. The van der Waals surface area contributed by atoms with Crippen molar-refractivity contribution in [2.45, 2.75) is 26.8 Å². The van der Waals surface area contributed by atoms with Gasteiger partial charge in [0, 0.05) is 38.4 Å². The maximum atomic E-state index is 12.1. The smallest absolute Gasteiger partial charge is 0.241 e. The van der Waals surface area contributed by atoms with Gasteiger partial charge in [-0.25, -0.2) is 4.98 Å². The van der Waals surface area contributed by atoms with Crippen LogP contribution in [-0.2, 0) is 11.3 Å². The molecule has 1 aromatic heterocycles. The van der Waals surface area contributed by atoms with Crippen LogP contribution in [0.5, 0.6) is 0 Å². The van der Waals surface area contributed by atoms with Crippen molar-refractivity contribution in [3.05, 3.63) is 23.9 Å². The molecule has 1 saturated heterocycles. The van der Waals surface area contributed by atoms with Crippen LogP contribution in [0.2, 0.25) is 0 Å². The number of likely N-dealkylation sites (N-methyl/N-ethyl adjacent to an activating group) is 1. The predicted octanol–water partition coefficient (Wildman–Crippen LogP) is 1.50. The van der Waals surface area contributed by atoms with Crippen LogP contribution in [0.25, 0.3) is 0 Å². The zero-order valence-corrected chi connectivity index (χ0v) is 13.3. The van der Waals surface area contributed by atoms with Gasteiger partial charge in [-0.05, 0) is 24.9 Å². The van der Waals surface area contributed by atoms with Crippen LogP contribution in [0.15, 0.2) is 18.3 Å². The molecule has 2 heterocycles. The van der Waals surface area contributed by atoms with E-state index in [1.54, 1.807) is 11.1 Å². The number of carbonyl (C=O) groups excluding carboxylic acids is 1. The fraction of sp³-hybridized carbons (Fsp3) is 0.625. The molecule has 1 aromatic rings. The van der Waals surface area contributed by atoms with Crippen molar-refractivity contribution in [1.29, 1.82) is 0 Å². The van der Waals surface area contributed by atoms with Gasteiger partial charge in [-0.3, -0.25) is 4.79 Å². The molecule has 116 valence electrons. The van der Waals surface area contributed by atoms with E-state index in [-0.39, 0.29) is 5.91 Å². The first-order chi connectivity index (χ1) is 10.1. The summed E-state index contributed by atoms with van der Waals surface area (Å²) in [5.74, 6) is 1.73. The number of carbonyl (C=O) groups is 1. The molecule has 0 aliphatic carbocycles. The Morgan fingerprint density at radius 3 is 2.95 bits per heavy atom. The van der Waals surface area contributed by atoms with Crippen LogP contribution in [0, 0.1) is 5.92 Å². The van der Waals surface area contributed by atoms with Crippen molar-refractivity contribution >= 4 is 11.7 Å². The van der Waals surface area contributed by atoms with Gasteiger partial charge in [-0.2, -0.15) is 0 Å². The van der Waals surface area contributed by atoms with Gasteiger partial charge >= 0.3 is 0 Å². The lowest BCUT2D eigenvalue weighted by molar-refractivity contribution is -0.127. The lowest BCUT2D eigenvalue weighted by Crippen LogP contribution is -2.35. The number of hydrogen-bond donors (Lipinski definition) is 1. The maximum Gasteiger partial charge on any atom is 0.241 e. The van der Waals surface area contributed by atoms with Crippen molar-refractivity contribution in [3.63, 3.8) is 0 Å². The van der Waals surface area contributed by atoms with E-state index in [2.05, 4.69) is 35.1 Å². The molecule has 1 aliphatic heterocycles. The summed E-state index contributed by atoms with van der Waals surface area (Å²) in [6.07, 6.45) is 2.79. The van der Waals surface area contributed by atoms with Crippen molar-refractivity contribution in [1.82, 2.24) is 15.2 Å². The lowest BCUT2D eigenvalue weighted by atomic mass is 10.2. The fourth-order valence-corrected chi connectivity index (χ4v) is 2.52. The molecule has 21 heavy (non-hydrogen) atoms. The highest BCUT2D eigenvalue weighted by Gasteiger charge is 2.21. The van der Waals surface area contributed by atoms with E-state index in [9.17, 15) is 4.79 Å². The summed E-state index contributed by atoms with van der Waals surface area (Å²) >= 11 is 0. The summed E-state index contributed by atoms with van der Waals surface area (Å²) in [6, 6.07) is 4.05. The first-order valence-corrected chi connectivity index (χ1v) is 7.71. The van der Waals surface area contributed by atoms with Gasteiger partial charge < -0.3 is 15.1 Å². The Labute approximate surface area is 127 Å². The monoisotopic (exact) mass is 290 g/mol. The van der Waals surface area contributed by atoms with Gasteiger partial charge in [-0.1, -0.05) is 19.9 Å². The van der Waals surface area contributed by atoms with E-state index >= 15 is 0 Å². The van der Waals surface area contributed by atoms with Gasteiger partial charge in [0.15, 0.2) is 0 Å². The molecule has 0 aromatic carbocycles. The van der Waals surface area contributed by atoms with Crippen molar-refractivity contribution < 1.29 is 4.79 Å². The van der Waals surface area contributed by atoms with Crippen molar-refractivity contribution in [2.24, 2.45) is 5.92 Å². The summed E-state index contributed by atoms with van der Waals surface area (Å²) in [6.45, 7) is 8.29. The number of pyridine rings is 1. The molecule has 0 radical (unpaired) electrons. The zero-order chi connectivity index (χ0) is 15.2. The molecule has 0 saturated carbocycles. The number of nitrogens with zero attached hydrogens (tertiary/aromatic N) is 3. The Morgan fingerprint density at radius 1 is 1.38 bits per heavy atom. The molecule has 1 fully saturated rings. The number of aromatic nitrogens is 1. The van der Waals surface area contributed by atoms with Crippen LogP contribution < -0.4 is 10.2 Å². The average Bonchev–Trinajstić information content (AvgIpc) is 2.61. The summed E-state index contributed by atoms with van der Waals surface area (Å²) in [5, 5.41) is 3.45. The first-order valence-electron chi connectivity index (χ1n) is 7.71. The Kier molecular flexibility index (Phi) is 5.56. The minimum atomic E-state index is 0.166. The molecule has 0 atom stereocenters. The van der Waals surface area contributed by atoms with Crippen molar-refractivity contribution in [2.75, 3.05) is 38.1 Å². The molecule has 0 bridgehead atoms. The summed E-state index contributed by atoms with van der Waals surface area (Å²) < 4.78 is 0. The van der Waals surface area contributed by atoms with E-state index in [0.29, 0.717) is 12.5 Å². The minimum Gasteiger partial charge on any atom is -0.347 e. The Bertz CT molecular complexity index is 475. The molecule has 1 amide bonds. The van der Waals surface area contributed by atoms with Crippen LogP contribution in [0.3, 0.4) is 0 Å². The van der Waals surface area contributed by atoms with E-state index in [1.165, 1.54) is 0 Å².